The Kier molecular flexibility index (Phi) is 6.46. The average molecular weight is 531 g/mol. The first kappa shape index (κ1) is 25.3. The molecule has 3 amide bonds. The Hall–Kier alpha value is -3.98. The van der Waals surface area contributed by atoms with Crippen molar-refractivity contribution >= 4 is 17.7 Å². The average Bonchev–Trinajstić information content (AvgIpc) is 3.27. The molecule has 0 saturated carbocycles. The molecular weight excluding hydrogens is 502 g/mol. The fraction of sp³-hybridized carbons (Fsp3) is 0.333. The van der Waals surface area contributed by atoms with E-state index in [9.17, 15) is 14.4 Å². The van der Waals surface area contributed by atoms with E-state index in [-0.39, 0.29) is 36.9 Å². The van der Waals surface area contributed by atoms with Crippen LogP contribution >= 0.6 is 0 Å². The predicted molar refractivity (Wildman–Crippen MR) is 139 cm³/mol. The van der Waals surface area contributed by atoms with Gasteiger partial charge in [0.2, 0.25) is 11.8 Å². The third-order valence-electron chi connectivity index (χ3n) is 8.10. The van der Waals surface area contributed by atoms with Crippen LogP contribution in [0.5, 0.6) is 0 Å². The number of nitrogens with one attached hydrogen (secondary N) is 1. The molecule has 200 valence electrons. The smallest absolute Gasteiger partial charge is 0.255 e. The van der Waals surface area contributed by atoms with Crippen molar-refractivity contribution in [1.82, 2.24) is 20.1 Å². The lowest BCUT2D eigenvalue weighted by Gasteiger charge is -2.36. The van der Waals surface area contributed by atoms with Crippen molar-refractivity contribution in [3.8, 4) is 11.3 Å². The molecule has 1 N–H and O–H groups in total. The minimum absolute atomic E-state index is 0.180. The van der Waals surface area contributed by atoms with Crippen molar-refractivity contribution in [2.75, 3.05) is 13.1 Å². The van der Waals surface area contributed by atoms with Gasteiger partial charge in [0, 0.05) is 55.5 Å². The van der Waals surface area contributed by atoms with E-state index in [2.05, 4.69) is 15.2 Å². The summed E-state index contributed by atoms with van der Waals surface area (Å²) in [7, 11) is 0. The summed E-state index contributed by atoms with van der Waals surface area (Å²) in [5.74, 6) is -1.53. The Bertz CT molecular complexity index is 1450. The van der Waals surface area contributed by atoms with Crippen molar-refractivity contribution in [2.24, 2.45) is 0 Å². The van der Waals surface area contributed by atoms with Crippen molar-refractivity contribution in [3.63, 3.8) is 0 Å². The lowest BCUT2D eigenvalue weighted by atomic mass is 9.86. The Morgan fingerprint density at radius 2 is 1.79 bits per heavy atom. The van der Waals surface area contributed by atoms with E-state index in [0.717, 1.165) is 0 Å². The van der Waals surface area contributed by atoms with E-state index in [0.29, 0.717) is 60.3 Å². The van der Waals surface area contributed by atoms with Crippen molar-refractivity contribution in [3.05, 3.63) is 88.9 Å². The number of aromatic nitrogens is 1. The number of imide groups is 1. The van der Waals surface area contributed by atoms with Crippen LogP contribution in [0.25, 0.3) is 11.3 Å². The highest BCUT2D eigenvalue weighted by atomic mass is 19.1. The summed E-state index contributed by atoms with van der Waals surface area (Å²) in [6.07, 6.45) is 2.72. The second-order valence-corrected chi connectivity index (χ2v) is 10.5. The van der Waals surface area contributed by atoms with Gasteiger partial charge in [-0.3, -0.25) is 29.6 Å². The Balaban J connectivity index is 1.17. The van der Waals surface area contributed by atoms with Crippen LogP contribution in [0.2, 0.25) is 0 Å². The number of halogens is 2. The standard InChI is InChI=1S/C30H28F2N4O3/c31-26-20(17-35-14-11-30(32,12-15-35)22-4-2-1-3-5-22)10-13-33-27(26)19-6-7-23-21(16-19)18-36(29(23)39)24-8-9-25(37)34-28(24)38/h1-7,10,13,16,24H,8-9,11-12,14-15,17-18H2,(H,34,37,38). The molecule has 0 spiro atoms. The lowest BCUT2D eigenvalue weighted by molar-refractivity contribution is -0.136. The summed E-state index contributed by atoms with van der Waals surface area (Å²) in [6.45, 7) is 1.58. The van der Waals surface area contributed by atoms with Gasteiger partial charge in [-0.25, -0.2) is 8.78 Å². The lowest BCUT2D eigenvalue weighted by Crippen LogP contribution is -2.52. The minimum atomic E-state index is -1.37. The molecule has 7 nitrogen and oxygen atoms in total. The molecule has 3 aliphatic rings. The monoisotopic (exact) mass is 530 g/mol. The van der Waals surface area contributed by atoms with E-state index in [1.807, 2.05) is 30.3 Å². The van der Waals surface area contributed by atoms with Crippen LogP contribution in [0.1, 0.15) is 52.7 Å². The zero-order valence-electron chi connectivity index (χ0n) is 21.3. The van der Waals surface area contributed by atoms with E-state index >= 15 is 8.78 Å². The van der Waals surface area contributed by atoms with Crippen molar-refractivity contribution < 1.29 is 23.2 Å². The van der Waals surface area contributed by atoms with Gasteiger partial charge in [0.25, 0.3) is 5.91 Å². The molecule has 1 atom stereocenters. The molecule has 3 aromatic rings. The number of pyridine rings is 1. The zero-order valence-corrected chi connectivity index (χ0v) is 21.3. The molecule has 1 aromatic heterocycles. The van der Waals surface area contributed by atoms with Crippen molar-refractivity contribution in [2.45, 2.75) is 50.5 Å². The molecular formula is C30H28F2N4O3. The molecule has 0 radical (unpaired) electrons. The molecule has 39 heavy (non-hydrogen) atoms. The number of piperidine rings is 2. The first-order chi connectivity index (χ1) is 18.8. The molecule has 2 fully saturated rings. The molecule has 6 rings (SSSR count). The largest absolute Gasteiger partial charge is 0.322 e. The number of benzene rings is 2. The number of carbonyl (C=O) groups excluding carboxylic acids is 3. The third-order valence-corrected chi connectivity index (χ3v) is 8.10. The van der Waals surface area contributed by atoms with Gasteiger partial charge in [-0.05, 0) is 48.6 Å². The maximum atomic E-state index is 15.7. The van der Waals surface area contributed by atoms with Crippen LogP contribution in [0.3, 0.4) is 0 Å². The van der Waals surface area contributed by atoms with E-state index in [4.69, 9.17) is 0 Å². The van der Waals surface area contributed by atoms with Gasteiger partial charge >= 0.3 is 0 Å². The molecule has 1 unspecified atom stereocenters. The number of hydrogen-bond donors (Lipinski definition) is 1. The molecule has 2 saturated heterocycles. The molecule has 0 bridgehead atoms. The van der Waals surface area contributed by atoms with Gasteiger partial charge in [-0.2, -0.15) is 0 Å². The first-order valence-corrected chi connectivity index (χ1v) is 13.2. The van der Waals surface area contributed by atoms with Crippen LogP contribution in [0.15, 0.2) is 60.8 Å². The zero-order chi connectivity index (χ0) is 27.1. The van der Waals surface area contributed by atoms with Crippen molar-refractivity contribution in [1.29, 1.82) is 0 Å². The van der Waals surface area contributed by atoms with Crippen LogP contribution < -0.4 is 5.32 Å². The van der Waals surface area contributed by atoms with E-state index in [1.165, 1.54) is 4.90 Å². The Labute approximate surface area is 224 Å². The number of likely N-dealkylation sites (tertiary alicyclic amines) is 1. The highest BCUT2D eigenvalue weighted by molar-refractivity contribution is 6.05. The Morgan fingerprint density at radius 3 is 2.54 bits per heavy atom. The molecule has 9 heteroatoms. The summed E-state index contributed by atoms with van der Waals surface area (Å²) in [5, 5.41) is 2.29. The van der Waals surface area contributed by atoms with Gasteiger partial charge in [0.15, 0.2) is 5.82 Å². The molecule has 2 aromatic carbocycles. The quantitative estimate of drug-likeness (QED) is 0.502. The Morgan fingerprint density at radius 1 is 1.03 bits per heavy atom. The predicted octanol–water partition coefficient (Wildman–Crippen LogP) is 4.11. The topological polar surface area (TPSA) is 82.6 Å². The second-order valence-electron chi connectivity index (χ2n) is 10.5. The summed E-state index contributed by atoms with van der Waals surface area (Å²) >= 11 is 0. The minimum Gasteiger partial charge on any atom is -0.322 e. The highest BCUT2D eigenvalue weighted by Gasteiger charge is 2.39. The molecule has 0 aliphatic carbocycles. The third kappa shape index (κ3) is 4.71. The number of rotatable bonds is 5. The van der Waals surface area contributed by atoms with Gasteiger partial charge in [0.05, 0.1) is 0 Å². The second kappa shape index (κ2) is 9.96. The maximum Gasteiger partial charge on any atom is 0.255 e. The SMILES string of the molecule is O=C1CCC(N2Cc3cc(-c4nccc(CN5CCC(F)(c6ccccc6)CC5)c4F)ccc3C2=O)C(=O)N1. The number of hydrogen-bond acceptors (Lipinski definition) is 5. The van der Waals surface area contributed by atoms with Crippen LogP contribution in [-0.2, 0) is 28.3 Å². The first-order valence-electron chi connectivity index (χ1n) is 13.2. The number of amides is 3. The highest BCUT2D eigenvalue weighted by Crippen LogP contribution is 2.38. The number of fused-ring (bicyclic) bond motifs is 1. The van der Waals surface area contributed by atoms with Gasteiger partial charge in [-0.15, -0.1) is 0 Å². The van der Waals surface area contributed by atoms with Gasteiger partial charge < -0.3 is 4.90 Å². The molecule has 3 aliphatic heterocycles. The number of alkyl halides is 1. The summed E-state index contributed by atoms with van der Waals surface area (Å²) in [6, 6.07) is 15.2. The van der Waals surface area contributed by atoms with Gasteiger partial charge in [-0.1, -0.05) is 36.4 Å². The fourth-order valence-corrected chi connectivity index (χ4v) is 5.86. The maximum absolute atomic E-state index is 15.7. The van der Waals surface area contributed by atoms with Gasteiger partial charge in [0.1, 0.15) is 17.4 Å². The number of carbonyl (C=O) groups is 3. The fourth-order valence-electron chi connectivity index (χ4n) is 5.86. The van der Waals surface area contributed by atoms with E-state index < -0.39 is 23.4 Å². The van der Waals surface area contributed by atoms with Crippen LogP contribution in [0, 0.1) is 5.82 Å². The summed E-state index contributed by atoms with van der Waals surface area (Å²) < 4.78 is 31.2. The normalized spacial score (nSPS) is 21.1. The molecule has 4 heterocycles. The number of nitrogens with zero attached hydrogens (tertiary/aromatic N) is 3. The summed E-state index contributed by atoms with van der Waals surface area (Å²) in [4.78, 5) is 44.6. The van der Waals surface area contributed by atoms with Crippen LogP contribution in [-0.4, -0.2) is 51.6 Å². The van der Waals surface area contributed by atoms with E-state index in [1.54, 1.807) is 30.5 Å². The summed E-state index contributed by atoms with van der Waals surface area (Å²) in [5.41, 5.74) is 1.66. The van der Waals surface area contributed by atoms with Crippen LogP contribution in [0.4, 0.5) is 8.78 Å².